The summed E-state index contributed by atoms with van der Waals surface area (Å²) in [5, 5.41) is 2.08. The highest BCUT2D eigenvalue weighted by Gasteiger charge is 1.99. The van der Waals surface area contributed by atoms with Gasteiger partial charge in [0.05, 0.1) is 10.6 Å². The number of rotatable bonds is 5. The molecule has 2 aromatic heterocycles. The van der Waals surface area contributed by atoms with Gasteiger partial charge in [-0.1, -0.05) is 36.4 Å². The van der Waals surface area contributed by atoms with Crippen LogP contribution in [0.3, 0.4) is 0 Å². The van der Waals surface area contributed by atoms with Crippen LogP contribution < -0.4 is 0 Å². The summed E-state index contributed by atoms with van der Waals surface area (Å²) in [7, 11) is 0. The van der Waals surface area contributed by atoms with Gasteiger partial charge in [0.1, 0.15) is 0 Å². The van der Waals surface area contributed by atoms with E-state index in [0.717, 1.165) is 18.5 Å². The quantitative estimate of drug-likeness (QED) is 0.694. The van der Waals surface area contributed by atoms with Crippen LogP contribution in [0, 0.1) is 0 Å². The Labute approximate surface area is 113 Å². The molecule has 2 rings (SSSR count). The minimum absolute atomic E-state index is 1.05. The maximum Gasteiger partial charge on any atom is 0.0801 e. The number of pyridine rings is 1. The number of nitrogens with zero attached hydrogens (tertiary/aromatic N) is 1. The molecular weight excluding hydrogens is 238 g/mol. The van der Waals surface area contributed by atoms with E-state index in [2.05, 4.69) is 52.9 Å². The molecule has 1 nitrogen and oxygen atoms in total. The van der Waals surface area contributed by atoms with Crippen LogP contribution in [0.15, 0.2) is 60.1 Å². The predicted molar refractivity (Wildman–Crippen MR) is 79.8 cm³/mol. The standard InChI is InChI=1S/C16H17NS/c1-2-3-4-5-6-8-14-10-11-15(17-13-14)16-9-7-12-18-16/h2-5,7,9-13H,6,8H2,1H3. The lowest BCUT2D eigenvalue weighted by Gasteiger charge is -2.00. The lowest BCUT2D eigenvalue weighted by Crippen LogP contribution is -1.86. The molecule has 0 saturated carbocycles. The first kappa shape index (κ1) is 12.8. The van der Waals surface area contributed by atoms with Gasteiger partial charge in [-0.3, -0.25) is 4.98 Å². The van der Waals surface area contributed by atoms with E-state index in [9.17, 15) is 0 Å². The fourth-order valence-electron chi connectivity index (χ4n) is 1.68. The van der Waals surface area contributed by atoms with Gasteiger partial charge in [-0.15, -0.1) is 11.3 Å². The number of hydrogen-bond donors (Lipinski definition) is 0. The molecule has 0 fully saturated rings. The zero-order valence-corrected chi connectivity index (χ0v) is 11.4. The van der Waals surface area contributed by atoms with Crippen molar-refractivity contribution in [3.8, 4) is 10.6 Å². The Kier molecular flexibility index (Phi) is 4.91. The molecule has 0 unspecified atom stereocenters. The number of thiophene rings is 1. The van der Waals surface area contributed by atoms with Crippen LogP contribution >= 0.6 is 11.3 Å². The van der Waals surface area contributed by atoms with E-state index < -0.39 is 0 Å². The summed E-state index contributed by atoms with van der Waals surface area (Å²) in [6.45, 7) is 2.03. The molecule has 18 heavy (non-hydrogen) atoms. The van der Waals surface area contributed by atoms with Gasteiger partial charge in [0.2, 0.25) is 0 Å². The minimum atomic E-state index is 1.05. The van der Waals surface area contributed by atoms with Crippen molar-refractivity contribution in [1.82, 2.24) is 4.98 Å². The fraction of sp³-hybridized carbons (Fsp3) is 0.188. The van der Waals surface area contributed by atoms with Crippen LogP contribution in [-0.2, 0) is 6.42 Å². The number of aryl methyl sites for hydroxylation is 1. The van der Waals surface area contributed by atoms with Gasteiger partial charge in [0.25, 0.3) is 0 Å². The Morgan fingerprint density at radius 3 is 2.83 bits per heavy atom. The zero-order valence-electron chi connectivity index (χ0n) is 10.5. The van der Waals surface area contributed by atoms with Crippen molar-refractivity contribution in [2.45, 2.75) is 19.8 Å². The second-order valence-electron chi connectivity index (χ2n) is 4.02. The molecule has 0 aromatic carbocycles. The smallest absolute Gasteiger partial charge is 0.0801 e. The van der Waals surface area contributed by atoms with Crippen molar-refractivity contribution < 1.29 is 0 Å². The highest BCUT2D eigenvalue weighted by Crippen LogP contribution is 2.22. The van der Waals surface area contributed by atoms with Crippen molar-refractivity contribution in [2.24, 2.45) is 0 Å². The Bertz CT molecular complexity index is 507. The summed E-state index contributed by atoms with van der Waals surface area (Å²) in [4.78, 5) is 5.74. The summed E-state index contributed by atoms with van der Waals surface area (Å²) in [6.07, 6.45) is 12.5. The Morgan fingerprint density at radius 1 is 1.22 bits per heavy atom. The predicted octanol–water partition coefficient (Wildman–Crippen LogP) is 4.88. The van der Waals surface area contributed by atoms with E-state index in [1.54, 1.807) is 11.3 Å². The van der Waals surface area contributed by atoms with E-state index in [4.69, 9.17) is 0 Å². The Hall–Kier alpha value is -1.67. The maximum atomic E-state index is 4.51. The summed E-state index contributed by atoms with van der Waals surface area (Å²) in [5.41, 5.74) is 2.36. The zero-order chi connectivity index (χ0) is 12.6. The first-order chi connectivity index (χ1) is 8.90. The minimum Gasteiger partial charge on any atom is -0.255 e. The molecule has 0 spiro atoms. The van der Waals surface area contributed by atoms with Gasteiger partial charge < -0.3 is 0 Å². The summed E-state index contributed by atoms with van der Waals surface area (Å²) in [5.74, 6) is 0. The van der Waals surface area contributed by atoms with Crippen molar-refractivity contribution in [2.75, 3.05) is 0 Å². The molecule has 2 heteroatoms. The van der Waals surface area contributed by atoms with E-state index in [0.29, 0.717) is 0 Å². The number of allylic oxidation sites excluding steroid dienone is 4. The Morgan fingerprint density at radius 2 is 2.17 bits per heavy atom. The lowest BCUT2D eigenvalue weighted by molar-refractivity contribution is 0.988. The molecule has 0 saturated heterocycles. The molecule has 0 radical (unpaired) electrons. The molecule has 0 atom stereocenters. The molecular formula is C16H17NS. The molecule has 0 aliphatic rings. The summed E-state index contributed by atoms with van der Waals surface area (Å²) in [6, 6.07) is 8.44. The molecule has 92 valence electrons. The van der Waals surface area contributed by atoms with Crippen molar-refractivity contribution in [3.63, 3.8) is 0 Å². The average Bonchev–Trinajstić information content (AvgIpc) is 2.93. The van der Waals surface area contributed by atoms with Gasteiger partial charge in [-0.05, 0) is 42.8 Å². The van der Waals surface area contributed by atoms with E-state index in [1.165, 1.54) is 10.4 Å². The Balaban J connectivity index is 1.92. The topological polar surface area (TPSA) is 12.9 Å². The van der Waals surface area contributed by atoms with Crippen LogP contribution in [0.5, 0.6) is 0 Å². The third kappa shape index (κ3) is 3.67. The van der Waals surface area contributed by atoms with Gasteiger partial charge in [-0.25, -0.2) is 0 Å². The third-order valence-electron chi connectivity index (χ3n) is 2.64. The van der Waals surface area contributed by atoms with Crippen molar-refractivity contribution in [1.29, 1.82) is 0 Å². The van der Waals surface area contributed by atoms with Crippen LogP contribution in [0.4, 0.5) is 0 Å². The first-order valence-corrected chi connectivity index (χ1v) is 7.05. The van der Waals surface area contributed by atoms with Crippen LogP contribution in [-0.4, -0.2) is 4.98 Å². The third-order valence-corrected chi connectivity index (χ3v) is 3.53. The number of hydrogen-bond acceptors (Lipinski definition) is 2. The highest BCUT2D eigenvalue weighted by molar-refractivity contribution is 7.13. The molecule has 0 bridgehead atoms. The second kappa shape index (κ2) is 6.92. The van der Waals surface area contributed by atoms with Crippen LogP contribution in [0.2, 0.25) is 0 Å². The summed E-state index contributed by atoms with van der Waals surface area (Å²) < 4.78 is 0. The van der Waals surface area contributed by atoms with Gasteiger partial charge in [0, 0.05) is 6.20 Å². The fourth-order valence-corrected chi connectivity index (χ4v) is 2.38. The van der Waals surface area contributed by atoms with Crippen LogP contribution in [0.1, 0.15) is 18.9 Å². The molecule has 0 N–H and O–H groups in total. The number of aromatic nitrogens is 1. The van der Waals surface area contributed by atoms with Crippen molar-refractivity contribution >= 4 is 11.3 Å². The monoisotopic (exact) mass is 255 g/mol. The normalized spacial score (nSPS) is 11.6. The molecule has 0 aliphatic heterocycles. The van der Waals surface area contributed by atoms with Crippen molar-refractivity contribution in [3.05, 3.63) is 65.7 Å². The summed E-state index contributed by atoms with van der Waals surface area (Å²) >= 11 is 1.73. The van der Waals surface area contributed by atoms with E-state index in [-0.39, 0.29) is 0 Å². The van der Waals surface area contributed by atoms with Crippen LogP contribution in [0.25, 0.3) is 10.6 Å². The van der Waals surface area contributed by atoms with Gasteiger partial charge in [0.15, 0.2) is 0 Å². The van der Waals surface area contributed by atoms with Gasteiger partial charge >= 0.3 is 0 Å². The average molecular weight is 255 g/mol. The lowest BCUT2D eigenvalue weighted by atomic mass is 10.1. The first-order valence-electron chi connectivity index (χ1n) is 6.17. The molecule has 2 heterocycles. The maximum absolute atomic E-state index is 4.51. The van der Waals surface area contributed by atoms with E-state index >= 15 is 0 Å². The van der Waals surface area contributed by atoms with Gasteiger partial charge in [-0.2, -0.15) is 0 Å². The SMILES string of the molecule is CC=CC=CCCc1ccc(-c2cccs2)nc1. The second-order valence-corrected chi connectivity index (χ2v) is 4.97. The highest BCUT2D eigenvalue weighted by atomic mass is 32.1. The largest absolute Gasteiger partial charge is 0.255 e. The molecule has 0 amide bonds. The molecule has 0 aliphatic carbocycles. The van der Waals surface area contributed by atoms with E-state index in [1.807, 2.05) is 19.2 Å². The molecule has 2 aromatic rings.